The largest absolute Gasteiger partial charge is 0.465 e. The molecule has 0 radical (unpaired) electrons. The quantitative estimate of drug-likeness (QED) is 0.697. The molecule has 1 heterocycles. The smallest absolute Gasteiger partial charge is 0.405 e. The maximum atomic E-state index is 13.4. The second-order valence-corrected chi connectivity index (χ2v) is 5.93. The Kier molecular flexibility index (Phi) is 5.23. The Balaban J connectivity index is 2.42. The number of nitrogens with zero attached hydrogens (tertiary/aromatic N) is 2. The Morgan fingerprint density at radius 2 is 1.96 bits per heavy atom. The number of fused-ring (bicyclic) bond motifs is 1. The van der Waals surface area contributed by atoms with Crippen LogP contribution in [0, 0.1) is 11.8 Å². The van der Waals surface area contributed by atoms with Gasteiger partial charge in [0.25, 0.3) is 5.56 Å². The van der Waals surface area contributed by atoms with Crippen molar-refractivity contribution in [3.63, 3.8) is 0 Å². The number of amides is 1. The first-order valence-corrected chi connectivity index (χ1v) is 8.60. The van der Waals surface area contributed by atoms with Crippen LogP contribution in [-0.4, -0.2) is 20.8 Å². The van der Waals surface area contributed by atoms with Crippen LogP contribution in [0.2, 0.25) is 0 Å². The van der Waals surface area contributed by atoms with Gasteiger partial charge in [-0.15, -0.1) is 5.92 Å². The van der Waals surface area contributed by atoms with Crippen LogP contribution in [0.15, 0.2) is 53.3 Å². The number of carboxylic acid groups (broad SMARTS) is 1. The van der Waals surface area contributed by atoms with Crippen molar-refractivity contribution in [3.05, 3.63) is 70.3 Å². The van der Waals surface area contributed by atoms with Crippen LogP contribution >= 0.6 is 0 Å². The molecule has 3 aromatic rings. The van der Waals surface area contributed by atoms with Crippen LogP contribution in [0.4, 0.5) is 4.79 Å². The number of hydrogen-bond acceptors (Lipinski definition) is 3. The molecule has 0 saturated heterocycles. The number of hydrogen-bond donors (Lipinski definition) is 2. The van der Waals surface area contributed by atoms with Crippen molar-refractivity contribution in [2.24, 2.45) is 0 Å². The number of carbonyl (C=O) groups is 1. The summed E-state index contributed by atoms with van der Waals surface area (Å²) < 4.78 is 1.47. The van der Waals surface area contributed by atoms with Gasteiger partial charge in [0.2, 0.25) is 0 Å². The predicted octanol–water partition coefficient (Wildman–Crippen LogP) is 3.48. The van der Waals surface area contributed by atoms with E-state index in [-0.39, 0.29) is 5.56 Å². The fourth-order valence-corrected chi connectivity index (χ4v) is 3.04. The fraction of sp³-hybridized carbons (Fsp3) is 0.190. The normalized spacial score (nSPS) is 11.5. The van der Waals surface area contributed by atoms with E-state index in [9.17, 15) is 14.7 Å². The monoisotopic (exact) mass is 361 g/mol. The molecule has 1 amide bonds. The molecule has 1 aromatic heterocycles. The van der Waals surface area contributed by atoms with E-state index >= 15 is 0 Å². The summed E-state index contributed by atoms with van der Waals surface area (Å²) in [5.74, 6) is 6.13. The van der Waals surface area contributed by atoms with E-state index in [1.165, 1.54) is 4.57 Å². The summed E-state index contributed by atoms with van der Waals surface area (Å²) in [6, 6.07) is 13.8. The lowest BCUT2D eigenvalue weighted by Gasteiger charge is -2.20. The van der Waals surface area contributed by atoms with Crippen LogP contribution in [0.5, 0.6) is 0 Å². The lowest BCUT2D eigenvalue weighted by molar-refractivity contribution is 0.188. The molecule has 2 N–H and O–H groups in total. The summed E-state index contributed by atoms with van der Waals surface area (Å²) in [5.41, 5.74) is 1.44. The molecule has 0 spiro atoms. The first kappa shape index (κ1) is 18.2. The molecule has 0 fully saturated rings. The van der Waals surface area contributed by atoms with Crippen LogP contribution in [0.1, 0.15) is 37.7 Å². The van der Waals surface area contributed by atoms with Crippen LogP contribution in [0.3, 0.4) is 0 Å². The first-order chi connectivity index (χ1) is 13.1. The summed E-state index contributed by atoms with van der Waals surface area (Å²) in [4.78, 5) is 29.3. The molecule has 0 aliphatic rings. The molecular formula is C21H19N3O3. The first-order valence-electron chi connectivity index (χ1n) is 8.60. The third-order valence-corrected chi connectivity index (χ3v) is 4.22. The maximum Gasteiger partial charge on any atom is 0.405 e. The number of aromatic nitrogens is 2. The van der Waals surface area contributed by atoms with E-state index in [0.29, 0.717) is 34.4 Å². The minimum Gasteiger partial charge on any atom is -0.465 e. The summed E-state index contributed by atoms with van der Waals surface area (Å²) in [5, 5.41) is 12.1. The van der Waals surface area contributed by atoms with Crippen molar-refractivity contribution >= 4 is 17.0 Å². The van der Waals surface area contributed by atoms with Crippen molar-refractivity contribution in [2.45, 2.75) is 26.3 Å². The van der Waals surface area contributed by atoms with Gasteiger partial charge in [-0.25, -0.2) is 9.78 Å². The second kappa shape index (κ2) is 7.75. The van der Waals surface area contributed by atoms with E-state index in [2.05, 4.69) is 22.1 Å². The molecule has 3 rings (SSSR count). The van der Waals surface area contributed by atoms with E-state index in [0.717, 1.165) is 0 Å². The average molecular weight is 361 g/mol. The Morgan fingerprint density at radius 1 is 1.22 bits per heavy atom. The third kappa shape index (κ3) is 3.53. The molecule has 0 aliphatic heterocycles. The van der Waals surface area contributed by atoms with E-state index in [1.54, 1.807) is 37.3 Å². The predicted molar refractivity (Wildman–Crippen MR) is 104 cm³/mol. The molecule has 136 valence electrons. The van der Waals surface area contributed by atoms with Gasteiger partial charge in [0.15, 0.2) is 0 Å². The summed E-state index contributed by atoms with van der Waals surface area (Å²) in [6.07, 6.45) is -0.715. The molecule has 6 nitrogen and oxygen atoms in total. The van der Waals surface area contributed by atoms with Crippen molar-refractivity contribution in [1.29, 1.82) is 0 Å². The highest BCUT2D eigenvalue weighted by Crippen LogP contribution is 2.21. The second-order valence-electron chi connectivity index (χ2n) is 5.93. The molecule has 2 aromatic carbocycles. The van der Waals surface area contributed by atoms with Gasteiger partial charge in [-0.2, -0.15) is 0 Å². The Morgan fingerprint density at radius 3 is 2.59 bits per heavy atom. The minimum absolute atomic E-state index is 0.273. The van der Waals surface area contributed by atoms with Gasteiger partial charge in [-0.05, 0) is 37.6 Å². The zero-order valence-corrected chi connectivity index (χ0v) is 15.1. The molecule has 1 unspecified atom stereocenters. The molecule has 27 heavy (non-hydrogen) atoms. The van der Waals surface area contributed by atoms with Gasteiger partial charge in [0.1, 0.15) is 5.82 Å². The SMILES string of the molecule is CC#Cc1cccc2nc(C(CC)NC(=O)O)n(-c3ccccc3)c(=O)c12. The highest BCUT2D eigenvalue weighted by atomic mass is 16.4. The van der Waals surface area contributed by atoms with Gasteiger partial charge >= 0.3 is 6.09 Å². The molecule has 1 atom stereocenters. The van der Waals surface area contributed by atoms with Gasteiger partial charge in [-0.1, -0.05) is 37.1 Å². The zero-order valence-electron chi connectivity index (χ0n) is 15.1. The Hall–Kier alpha value is -3.59. The van der Waals surface area contributed by atoms with Gasteiger partial charge in [0.05, 0.1) is 22.6 Å². The molecule has 6 heteroatoms. The van der Waals surface area contributed by atoms with Gasteiger partial charge in [-0.3, -0.25) is 9.36 Å². The molecular weight excluding hydrogens is 342 g/mol. The highest BCUT2D eigenvalue weighted by Gasteiger charge is 2.22. The van der Waals surface area contributed by atoms with Crippen LogP contribution < -0.4 is 10.9 Å². The lowest BCUT2D eigenvalue weighted by atomic mass is 10.1. The Bertz CT molecular complexity index is 1110. The standard InChI is InChI=1S/C21H19N3O3/c1-3-9-14-10-8-13-17-18(14)20(25)24(15-11-6-5-7-12-15)19(22-17)16(4-2)23-21(26)27/h5-8,10-13,16,23H,4H2,1-2H3,(H,26,27). The average Bonchev–Trinajstić information content (AvgIpc) is 2.66. The molecule has 0 saturated carbocycles. The maximum absolute atomic E-state index is 13.4. The van der Waals surface area contributed by atoms with Crippen molar-refractivity contribution in [3.8, 4) is 17.5 Å². The number of para-hydroxylation sites is 1. The Labute approximate surface area is 156 Å². The number of rotatable bonds is 4. The molecule has 0 aliphatic carbocycles. The van der Waals surface area contributed by atoms with Crippen LogP contribution in [-0.2, 0) is 0 Å². The van der Waals surface area contributed by atoms with Crippen molar-refractivity contribution in [2.75, 3.05) is 0 Å². The zero-order chi connectivity index (χ0) is 19.4. The summed E-state index contributed by atoms with van der Waals surface area (Å²) in [7, 11) is 0. The lowest BCUT2D eigenvalue weighted by Crippen LogP contribution is -2.33. The van der Waals surface area contributed by atoms with Gasteiger partial charge in [0, 0.05) is 5.56 Å². The topological polar surface area (TPSA) is 84.2 Å². The van der Waals surface area contributed by atoms with E-state index < -0.39 is 12.1 Å². The van der Waals surface area contributed by atoms with E-state index in [1.807, 2.05) is 25.1 Å². The van der Waals surface area contributed by atoms with Gasteiger partial charge < -0.3 is 10.4 Å². The summed E-state index contributed by atoms with van der Waals surface area (Å²) in [6.45, 7) is 3.55. The summed E-state index contributed by atoms with van der Waals surface area (Å²) >= 11 is 0. The molecule has 0 bridgehead atoms. The van der Waals surface area contributed by atoms with E-state index in [4.69, 9.17) is 0 Å². The van der Waals surface area contributed by atoms with Crippen LogP contribution in [0.25, 0.3) is 16.6 Å². The van der Waals surface area contributed by atoms with Crippen molar-refractivity contribution in [1.82, 2.24) is 14.9 Å². The van der Waals surface area contributed by atoms with Crippen molar-refractivity contribution < 1.29 is 9.90 Å². The fourth-order valence-electron chi connectivity index (χ4n) is 3.04. The number of benzene rings is 2. The number of nitrogens with one attached hydrogen (secondary N) is 1. The third-order valence-electron chi connectivity index (χ3n) is 4.22. The minimum atomic E-state index is -1.17. The highest BCUT2D eigenvalue weighted by molar-refractivity contribution is 5.84.